The molecule has 274 valence electrons. The summed E-state index contributed by atoms with van der Waals surface area (Å²) in [4.78, 5) is 53.0. The van der Waals surface area contributed by atoms with Gasteiger partial charge >= 0.3 is 0 Å². The Kier molecular flexibility index (Phi) is 10.6. The molecule has 2 aromatic heterocycles. The summed E-state index contributed by atoms with van der Waals surface area (Å²) in [5, 5.41) is 12.4. The molecule has 53 heavy (non-hydrogen) atoms. The third kappa shape index (κ3) is 7.02. The number of nitrogens with zero attached hydrogens (tertiary/aromatic N) is 5. The van der Waals surface area contributed by atoms with Gasteiger partial charge in [-0.15, -0.1) is 0 Å². The largest absolute Gasteiger partial charge is 0.497 e. The van der Waals surface area contributed by atoms with Gasteiger partial charge in [0.05, 0.1) is 32.8 Å². The van der Waals surface area contributed by atoms with E-state index in [4.69, 9.17) is 14.2 Å². The lowest BCUT2D eigenvalue weighted by Crippen LogP contribution is -2.46. The molecule has 2 N–H and O–H groups in total. The van der Waals surface area contributed by atoms with E-state index in [1.54, 1.807) is 20.5 Å². The molecule has 3 amide bonds. The van der Waals surface area contributed by atoms with E-state index in [-0.39, 0.29) is 49.8 Å². The fraction of sp³-hybridized carbons (Fsp3) is 0.350. The Labute approximate surface area is 306 Å². The summed E-state index contributed by atoms with van der Waals surface area (Å²) in [5.41, 5.74) is 3.26. The van der Waals surface area contributed by atoms with E-state index in [1.165, 1.54) is 6.33 Å². The molecule has 2 saturated heterocycles. The number of carbonyl (C=O) groups excluding carboxylic acids is 3. The van der Waals surface area contributed by atoms with E-state index in [0.717, 1.165) is 32.9 Å². The number of aliphatic hydroxyl groups excluding tert-OH is 1. The number of anilines is 1. The van der Waals surface area contributed by atoms with Gasteiger partial charge in [0.15, 0.2) is 17.0 Å². The van der Waals surface area contributed by atoms with E-state index in [1.807, 2.05) is 83.4 Å². The van der Waals surface area contributed by atoms with Crippen LogP contribution in [0.4, 0.5) is 5.82 Å². The van der Waals surface area contributed by atoms with E-state index in [9.17, 15) is 19.5 Å². The van der Waals surface area contributed by atoms with Crippen molar-refractivity contribution in [1.82, 2.24) is 24.8 Å². The van der Waals surface area contributed by atoms with E-state index >= 15 is 0 Å². The molecular weight excluding hydrogens is 676 g/mol. The number of imide groups is 1. The number of methoxy groups -OCH3 is 1. The SMILES string of the molecule is CNC(=O)CCC1CCC(=O)N(c2ncnc3c2ncn3[C@H]2CC[C@@H](COC(c3ccccc3)(c3ccc(CO)cc3)c3ccc(OC)cc3)O2)C1=O. The Bertz CT molecular complexity index is 2020. The van der Waals surface area contributed by atoms with Crippen LogP contribution < -0.4 is 15.0 Å². The quantitative estimate of drug-likeness (QED) is 0.128. The van der Waals surface area contributed by atoms with Crippen molar-refractivity contribution in [3.05, 3.63) is 114 Å². The first-order valence-electron chi connectivity index (χ1n) is 17.8. The number of nitrogens with one attached hydrogen (secondary N) is 1. The van der Waals surface area contributed by atoms with Gasteiger partial charge in [0, 0.05) is 25.8 Å². The number of ether oxygens (including phenoxy) is 3. The van der Waals surface area contributed by atoms with Gasteiger partial charge in [-0.05, 0) is 60.1 Å². The van der Waals surface area contributed by atoms with Gasteiger partial charge in [-0.25, -0.2) is 19.9 Å². The normalized spacial score (nSPS) is 20.1. The first kappa shape index (κ1) is 35.9. The number of piperidine rings is 1. The number of fused-ring (bicyclic) bond motifs is 1. The average Bonchev–Trinajstić information content (AvgIpc) is 3.86. The molecule has 2 aliphatic rings. The van der Waals surface area contributed by atoms with Crippen LogP contribution in [0.25, 0.3) is 11.2 Å². The van der Waals surface area contributed by atoms with Crippen molar-refractivity contribution in [2.75, 3.05) is 25.7 Å². The summed E-state index contributed by atoms with van der Waals surface area (Å²) < 4.78 is 20.9. The molecule has 0 saturated carbocycles. The van der Waals surface area contributed by atoms with Crippen LogP contribution in [0.2, 0.25) is 0 Å². The zero-order valence-electron chi connectivity index (χ0n) is 29.7. The van der Waals surface area contributed by atoms with Crippen LogP contribution in [0.5, 0.6) is 5.75 Å². The highest BCUT2D eigenvalue weighted by molar-refractivity contribution is 6.19. The maximum absolute atomic E-state index is 13.5. The maximum Gasteiger partial charge on any atom is 0.238 e. The molecule has 0 radical (unpaired) electrons. The van der Waals surface area contributed by atoms with E-state index in [0.29, 0.717) is 36.8 Å². The number of rotatable bonds is 13. The van der Waals surface area contributed by atoms with Gasteiger partial charge in [-0.2, -0.15) is 0 Å². The Morgan fingerprint density at radius 1 is 0.943 bits per heavy atom. The third-order valence-electron chi connectivity index (χ3n) is 10.2. The molecule has 13 nitrogen and oxygen atoms in total. The van der Waals surface area contributed by atoms with E-state index < -0.39 is 23.7 Å². The van der Waals surface area contributed by atoms with Crippen LogP contribution in [0.3, 0.4) is 0 Å². The molecule has 3 aromatic carbocycles. The second-order valence-corrected chi connectivity index (χ2v) is 13.3. The van der Waals surface area contributed by atoms with Gasteiger partial charge in [0.1, 0.15) is 23.9 Å². The van der Waals surface area contributed by atoms with Gasteiger partial charge < -0.3 is 24.6 Å². The Morgan fingerprint density at radius 3 is 2.36 bits per heavy atom. The molecule has 5 aromatic rings. The highest BCUT2D eigenvalue weighted by atomic mass is 16.6. The summed E-state index contributed by atoms with van der Waals surface area (Å²) in [5.74, 6) is -0.538. The van der Waals surface area contributed by atoms with Crippen molar-refractivity contribution < 1.29 is 33.7 Å². The highest BCUT2D eigenvalue weighted by Gasteiger charge is 2.41. The maximum atomic E-state index is 13.5. The molecule has 4 atom stereocenters. The Hall–Kier alpha value is -5.50. The van der Waals surface area contributed by atoms with Crippen LogP contribution >= 0.6 is 0 Å². The van der Waals surface area contributed by atoms with Crippen molar-refractivity contribution in [3.8, 4) is 5.75 Å². The molecule has 2 fully saturated rings. The minimum Gasteiger partial charge on any atom is -0.497 e. The average molecular weight is 719 g/mol. The van der Waals surface area contributed by atoms with Crippen LogP contribution in [0.15, 0.2) is 91.5 Å². The van der Waals surface area contributed by atoms with Crippen molar-refractivity contribution in [2.45, 2.75) is 63.1 Å². The summed E-state index contributed by atoms with van der Waals surface area (Å²) >= 11 is 0. The van der Waals surface area contributed by atoms with Crippen molar-refractivity contribution in [1.29, 1.82) is 0 Å². The van der Waals surface area contributed by atoms with Crippen molar-refractivity contribution in [3.63, 3.8) is 0 Å². The van der Waals surface area contributed by atoms with Gasteiger partial charge in [0.25, 0.3) is 0 Å². The molecular formula is C40H42N6O7. The highest BCUT2D eigenvalue weighted by Crippen LogP contribution is 2.43. The molecule has 0 aliphatic carbocycles. The number of imidazole rings is 1. The summed E-state index contributed by atoms with van der Waals surface area (Å²) in [6, 6.07) is 25.6. The topological polar surface area (TPSA) is 158 Å². The molecule has 2 unspecified atom stereocenters. The number of amides is 3. The van der Waals surface area contributed by atoms with Crippen molar-refractivity contribution in [2.24, 2.45) is 5.92 Å². The minimum absolute atomic E-state index is 0.0705. The lowest BCUT2D eigenvalue weighted by Gasteiger charge is -2.37. The fourth-order valence-corrected chi connectivity index (χ4v) is 7.30. The van der Waals surface area contributed by atoms with Crippen LogP contribution in [0, 0.1) is 5.92 Å². The van der Waals surface area contributed by atoms with Crippen LogP contribution in [-0.4, -0.2) is 69.2 Å². The van der Waals surface area contributed by atoms with Gasteiger partial charge in [-0.3, -0.25) is 19.0 Å². The summed E-state index contributed by atoms with van der Waals surface area (Å²) in [6.07, 6.45) is 4.62. The lowest BCUT2D eigenvalue weighted by atomic mass is 9.79. The predicted molar refractivity (Wildman–Crippen MR) is 195 cm³/mol. The minimum atomic E-state index is -1.02. The number of aliphatic hydroxyl groups is 1. The molecule has 13 heteroatoms. The molecule has 0 spiro atoms. The molecule has 4 heterocycles. The standard InChI is InChI=1S/C40H42N6O7/c1-41-33(48)19-10-27-11-20-34(49)46(39(27)50)38-36-37(42-24-43-38)45(25-44-36)35-21-18-32(53-35)23-52-40(28-6-4-3-5-7-28,29-12-8-26(22-47)9-13-29)30-14-16-31(51-2)17-15-30/h3-9,12-17,24-25,27,32,35,47H,10-11,18-23H2,1-2H3,(H,41,48)/t27?,32-,35+,40?/m0/s1. The number of hydrogen-bond acceptors (Lipinski definition) is 10. The second kappa shape index (κ2) is 15.6. The molecule has 2 aliphatic heterocycles. The third-order valence-corrected chi connectivity index (χ3v) is 10.2. The number of aromatic nitrogens is 4. The number of benzene rings is 3. The van der Waals surface area contributed by atoms with Crippen LogP contribution in [0.1, 0.15) is 67.0 Å². The zero-order valence-corrected chi connectivity index (χ0v) is 29.7. The van der Waals surface area contributed by atoms with Gasteiger partial charge in [0.2, 0.25) is 17.7 Å². The summed E-state index contributed by atoms with van der Waals surface area (Å²) in [6.45, 7) is 0.180. The number of carbonyl (C=O) groups is 3. The summed E-state index contributed by atoms with van der Waals surface area (Å²) in [7, 11) is 3.19. The van der Waals surface area contributed by atoms with Crippen LogP contribution in [-0.2, 0) is 36.1 Å². The predicted octanol–water partition coefficient (Wildman–Crippen LogP) is 4.81. The smallest absolute Gasteiger partial charge is 0.238 e. The lowest BCUT2D eigenvalue weighted by molar-refractivity contribution is -0.132. The van der Waals surface area contributed by atoms with Crippen molar-refractivity contribution >= 4 is 34.7 Å². The zero-order chi connectivity index (χ0) is 37.0. The fourth-order valence-electron chi connectivity index (χ4n) is 7.30. The second-order valence-electron chi connectivity index (χ2n) is 13.3. The first-order valence-corrected chi connectivity index (χ1v) is 17.8. The van der Waals surface area contributed by atoms with Gasteiger partial charge in [-0.1, -0.05) is 66.7 Å². The Balaban J connectivity index is 1.15. The number of hydrogen-bond donors (Lipinski definition) is 2. The van der Waals surface area contributed by atoms with E-state index in [2.05, 4.69) is 20.3 Å². The first-order chi connectivity index (χ1) is 25.9. The molecule has 7 rings (SSSR count). The monoisotopic (exact) mass is 718 g/mol. The molecule has 0 bridgehead atoms. The Morgan fingerprint density at radius 2 is 1.66 bits per heavy atom.